The predicted octanol–water partition coefficient (Wildman–Crippen LogP) is 5.92. The number of hydrogen-bond donors (Lipinski definition) is 1. The summed E-state index contributed by atoms with van der Waals surface area (Å²) < 4.78 is 51.0. The van der Waals surface area contributed by atoms with Crippen LogP contribution in [0, 0.1) is 5.82 Å². The second-order valence-electron chi connectivity index (χ2n) is 10.1. The van der Waals surface area contributed by atoms with Crippen LogP contribution in [0.15, 0.2) is 41.3 Å². The van der Waals surface area contributed by atoms with Crippen molar-refractivity contribution >= 4 is 27.3 Å². The molecule has 1 aromatic heterocycles. The molecule has 0 amide bonds. The zero-order valence-corrected chi connectivity index (χ0v) is 22.0. The first-order valence-corrected chi connectivity index (χ1v) is 13.4. The van der Waals surface area contributed by atoms with E-state index in [-0.39, 0.29) is 33.0 Å². The highest BCUT2D eigenvalue weighted by Gasteiger charge is 2.29. The molecular formula is C25H30ClFN4O3S. The topological polar surface area (TPSA) is 86.1 Å². The first kappa shape index (κ1) is 25.6. The van der Waals surface area contributed by atoms with Crippen molar-refractivity contribution in [3.8, 4) is 11.4 Å². The largest absolute Gasteiger partial charge is 0.381 e. The van der Waals surface area contributed by atoms with E-state index in [0.717, 1.165) is 23.9 Å². The fourth-order valence-corrected chi connectivity index (χ4v) is 5.40. The molecular weight excluding hydrogens is 491 g/mol. The van der Waals surface area contributed by atoms with E-state index in [1.54, 1.807) is 24.3 Å². The standard InChI is InChI=1S/C25H30ClFN4O3S/c1-15(2)31-23(16-10-11-34-14-16)28-29-24(31)19-12-20(26)21(27)13-22(19)30-35(32,33)18-8-6-17(7-9-18)25(3,4)5/h6-9,12-13,15-16,30H,10-11,14H2,1-5H3. The fraction of sp³-hybridized carbons (Fsp3) is 0.440. The number of halogens is 2. The van der Waals surface area contributed by atoms with E-state index in [9.17, 15) is 12.8 Å². The Morgan fingerprint density at radius 1 is 1.17 bits per heavy atom. The zero-order chi connectivity index (χ0) is 25.5. The summed E-state index contributed by atoms with van der Waals surface area (Å²) in [4.78, 5) is 0.0703. The molecule has 35 heavy (non-hydrogen) atoms. The molecule has 1 aliphatic heterocycles. The van der Waals surface area contributed by atoms with Gasteiger partial charge in [-0.3, -0.25) is 4.72 Å². The molecule has 7 nitrogen and oxygen atoms in total. The molecule has 1 N–H and O–H groups in total. The minimum absolute atomic E-state index is 0.0335. The summed E-state index contributed by atoms with van der Waals surface area (Å²) in [6.45, 7) is 11.3. The minimum Gasteiger partial charge on any atom is -0.381 e. The molecule has 0 radical (unpaired) electrons. The molecule has 1 aliphatic rings. The van der Waals surface area contributed by atoms with Gasteiger partial charge < -0.3 is 9.30 Å². The Labute approximate surface area is 210 Å². The molecule has 2 heterocycles. The first-order chi connectivity index (χ1) is 16.4. The van der Waals surface area contributed by atoms with Crippen LogP contribution in [0.1, 0.15) is 64.4 Å². The summed E-state index contributed by atoms with van der Waals surface area (Å²) in [5.41, 5.74) is 1.27. The summed E-state index contributed by atoms with van der Waals surface area (Å²) in [5.74, 6) is 0.497. The third-order valence-electron chi connectivity index (χ3n) is 6.11. The van der Waals surface area contributed by atoms with Gasteiger partial charge in [0.2, 0.25) is 0 Å². The number of nitrogens with zero attached hydrogens (tertiary/aromatic N) is 3. The summed E-state index contributed by atoms with van der Waals surface area (Å²) in [7, 11) is -4.01. The van der Waals surface area contributed by atoms with Crippen molar-refractivity contribution in [3.05, 3.63) is 58.6 Å². The molecule has 0 spiro atoms. The summed E-state index contributed by atoms with van der Waals surface area (Å²) >= 11 is 6.12. The lowest BCUT2D eigenvalue weighted by Crippen LogP contribution is -2.16. The average Bonchev–Trinajstić information content (AvgIpc) is 3.45. The number of nitrogens with one attached hydrogen (secondary N) is 1. The van der Waals surface area contributed by atoms with Crippen molar-refractivity contribution in [2.75, 3.05) is 17.9 Å². The summed E-state index contributed by atoms with van der Waals surface area (Å²) in [6.07, 6.45) is 0.819. The maximum atomic E-state index is 14.5. The number of rotatable bonds is 6. The van der Waals surface area contributed by atoms with Crippen LogP contribution in [-0.4, -0.2) is 36.4 Å². The third-order valence-corrected chi connectivity index (χ3v) is 7.78. The van der Waals surface area contributed by atoms with Gasteiger partial charge >= 0.3 is 0 Å². The summed E-state index contributed by atoms with van der Waals surface area (Å²) in [6, 6.07) is 9.08. The van der Waals surface area contributed by atoms with Gasteiger partial charge in [0.1, 0.15) is 11.6 Å². The average molecular weight is 521 g/mol. The number of anilines is 1. The molecule has 3 aromatic rings. The smallest absolute Gasteiger partial charge is 0.261 e. The quantitative estimate of drug-likeness (QED) is 0.436. The van der Waals surface area contributed by atoms with Gasteiger partial charge in [-0.2, -0.15) is 0 Å². The van der Waals surface area contributed by atoms with Crippen molar-refractivity contribution in [2.24, 2.45) is 0 Å². The molecule has 1 saturated heterocycles. The molecule has 2 aromatic carbocycles. The van der Waals surface area contributed by atoms with Gasteiger partial charge in [-0.25, -0.2) is 12.8 Å². The molecule has 10 heteroatoms. The van der Waals surface area contributed by atoms with Crippen LogP contribution in [-0.2, 0) is 20.2 Å². The van der Waals surface area contributed by atoms with Crippen molar-refractivity contribution in [1.29, 1.82) is 0 Å². The molecule has 1 atom stereocenters. The Bertz CT molecular complexity index is 1330. The minimum atomic E-state index is -4.01. The Hall–Kier alpha value is -2.49. The number of hydrogen-bond acceptors (Lipinski definition) is 5. The van der Waals surface area contributed by atoms with Gasteiger partial charge in [-0.1, -0.05) is 44.5 Å². The highest BCUT2D eigenvalue weighted by Crippen LogP contribution is 2.37. The Kier molecular flexibility index (Phi) is 6.96. The van der Waals surface area contributed by atoms with E-state index in [0.29, 0.717) is 24.6 Å². The van der Waals surface area contributed by atoms with Crippen LogP contribution in [0.5, 0.6) is 0 Å². The van der Waals surface area contributed by atoms with Crippen LogP contribution < -0.4 is 4.72 Å². The molecule has 0 saturated carbocycles. The second-order valence-corrected chi connectivity index (χ2v) is 12.2. The maximum Gasteiger partial charge on any atom is 0.261 e. The first-order valence-electron chi connectivity index (χ1n) is 11.5. The van der Waals surface area contributed by atoms with E-state index < -0.39 is 15.8 Å². The molecule has 4 rings (SSSR count). The highest BCUT2D eigenvalue weighted by molar-refractivity contribution is 7.92. The SMILES string of the molecule is CC(C)n1c(-c2cc(Cl)c(F)cc2NS(=O)(=O)c2ccc(C(C)(C)C)cc2)nnc1C1CCOC1. The van der Waals surface area contributed by atoms with E-state index >= 15 is 0 Å². The van der Waals surface area contributed by atoms with E-state index in [2.05, 4.69) is 14.9 Å². The lowest BCUT2D eigenvalue weighted by molar-refractivity contribution is 0.192. The van der Waals surface area contributed by atoms with Crippen LogP contribution in [0.25, 0.3) is 11.4 Å². The Morgan fingerprint density at radius 2 is 1.86 bits per heavy atom. The fourth-order valence-electron chi connectivity index (χ4n) is 4.17. The van der Waals surface area contributed by atoms with Gasteiger partial charge in [0, 0.05) is 30.2 Å². The normalized spacial score (nSPS) is 16.7. The van der Waals surface area contributed by atoms with Gasteiger partial charge in [0.05, 0.1) is 22.2 Å². The number of sulfonamides is 1. The van der Waals surface area contributed by atoms with E-state index in [4.69, 9.17) is 16.3 Å². The van der Waals surface area contributed by atoms with Crippen molar-refractivity contribution in [2.45, 2.75) is 63.3 Å². The third kappa shape index (κ3) is 5.22. The van der Waals surface area contributed by atoms with Crippen molar-refractivity contribution < 1.29 is 17.5 Å². The molecule has 1 fully saturated rings. The van der Waals surface area contributed by atoms with Gasteiger partial charge in [0.25, 0.3) is 10.0 Å². The number of ether oxygens (including phenoxy) is 1. The van der Waals surface area contributed by atoms with Gasteiger partial charge in [-0.05, 0) is 49.4 Å². The molecule has 0 bridgehead atoms. The molecule has 0 aliphatic carbocycles. The van der Waals surface area contributed by atoms with Crippen molar-refractivity contribution in [1.82, 2.24) is 14.8 Å². The van der Waals surface area contributed by atoms with Crippen LogP contribution >= 0.6 is 11.6 Å². The van der Waals surface area contributed by atoms with Crippen molar-refractivity contribution in [3.63, 3.8) is 0 Å². The predicted molar refractivity (Wildman–Crippen MR) is 135 cm³/mol. The number of benzene rings is 2. The van der Waals surface area contributed by atoms with Crippen LogP contribution in [0.2, 0.25) is 5.02 Å². The highest BCUT2D eigenvalue weighted by atomic mass is 35.5. The summed E-state index contributed by atoms with van der Waals surface area (Å²) in [5, 5.41) is 8.62. The Balaban J connectivity index is 1.78. The monoisotopic (exact) mass is 520 g/mol. The van der Waals surface area contributed by atoms with Crippen LogP contribution in [0.4, 0.5) is 10.1 Å². The van der Waals surface area contributed by atoms with Crippen LogP contribution in [0.3, 0.4) is 0 Å². The maximum absolute atomic E-state index is 14.5. The lowest BCUT2D eigenvalue weighted by Gasteiger charge is -2.20. The number of aromatic nitrogens is 3. The molecule has 188 valence electrons. The molecule has 1 unspecified atom stereocenters. The van der Waals surface area contributed by atoms with E-state index in [1.165, 1.54) is 6.07 Å². The zero-order valence-electron chi connectivity index (χ0n) is 20.5. The van der Waals surface area contributed by atoms with E-state index in [1.807, 2.05) is 39.2 Å². The lowest BCUT2D eigenvalue weighted by atomic mass is 9.87. The Morgan fingerprint density at radius 3 is 2.43 bits per heavy atom. The van der Waals surface area contributed by atoms with Gasteiger partial charge in [0.15, 0.2) is 5.82 Å². The van der Waals surface area contributed by atoms with Gasteiger partial charge in [-0.15, -0.1) is 10.2 Å². The second kappa shape index (κ2) is 9.52.